The van der Waals surface area contributed by atoms with E-state index in [-0.39, 0.29) is 6.04 Å². The lowest BCUT2D eigenvalue weighted by Gasteiger charge is -2.19. The van der Waals surface area contributed by atoms with Crippen LogP contribution in [0.25, 0.3) is 0 Å². The Labute approximate surface area is 97.4 Å². The summed E-state index contributed by atoms with van der Waals surface area (Å²) in [4.78, 5) is 6.44. The molecule has 0 saturated heterocycles. The fraction of sp³-hybridized carbons (Fsp3) is 0.583. The second-order valence-electron chi connectivity index (χ2n) is 3.85. The van der Waals surface area contributed by atoms with E-state index in [0.29, 0.717) is 0 Å². The zero-order chi connectivity index (χ0) is 12.0. The predicted molar refractivity (Wildman–Crippen MR) is 66.6 cm³/mol. The molecule has 0 amide bonds. The zero-order valence-corrected chi connectivity index (χ0v) is 10.3. The highest BCUT2D eigenvalue weighted by Crippen LogP contribution is 2.13. The van der Waals surface area contributed by atoms with E-state index in [4.69, 9.17) is 10.5 Å². The number of ether oxygens (including phenoxy) is 1. The SMILES string of the molecule is CCOCCN(C)c1ccc([C@@H](C)N)nc1. The maximum Gasteiger partial charge on any atom is 0.0641 e. The Morgan fingerprint density at radius 3 is 2.75 bits per heavy atom. The van der Waals surface area contributed by atoms with Gasteiger partial charge in [-0.2, -0.15) is 0 Å². The molecule has 0 saturated carbocycles. The molecule has 16 heavy (non-hydrogen) atoms. The third kappa shape index (κ3) is 3.79. The molecule has 0 fully saturated rings. The van der Waals surface area contributed by atoms with Crippen LogP contribution < -0.4 is 10.6 Å². The van der Waals surface area contributed by atoms with Crippen molar-refractivity contribution >= 4 is 5.69 Å². The van der Waals surface area contributed by atoms with Crippen LogP contribution >= 0.6 is 0 Å². The summed E-state index contributed by atoms with van der Waals surface area (Å²) in [7, 11) is 2.03. The normalized spacial score (nSPS) is 12.5. The van der Waals surface area contributed by atoms with Crippen LogP contribution in [0.4, 0.5) is 5.69 Å². The Kier molecular flexibility index (Phi) is 5.22. The van der Waals surface area contributed by atoms with Crippen LogP contribution in [0.3, 0.4) is 0 Å². The van der Waals surface area contributed by atoms with Gasteiger partial charge in [0.15, 0.2) is 0 Å². The van der Waals surface area contributed by atoms with Gasteiger partial charge >= 0.3 is 0 Å². The van der Waals surface area contributed by atoms with E-state index in [1.807, 2.05) is 39.2 Å². The van der Waals surface area contributed by atoms with Crippen molar-refractivity contribution in [2.45, 2.75) is 19.9 Å². The molecule has 0 aliphatic rings. The molecule has 0 unspecified atom stereocenters. The summed E-state index contributed by atoms with van der Waals surface area (Å²) in [6.07, 6.45) is 1.85. The van der Waals surface area contributed by atoms with Gasteiger partial charge in [-0.15, -0.1) is 0 Å². The average molecular weight is 223 g/mol. The van der Waals surface area contributed by atoms with E-state index < -0.39 is 0 Å². The number of rotatable bonds is 6. The van der Waals surface area contributed by atoms with Gasteiger partial charge in [-0.3, -0.25) is 4.98 Å². The minimum Gasteiger partial charge on any atom is -0.380 e. The number of pyridine rings is 1. The van der Waals surface area contributed by atoms with Gasteiger partial charge in [-0.05, 0) is 26.0 Å². The Morgan fingerprint density at radius 2 is 2.25 bits per heavy atom. The topological polar surface area (TPSA) is 51.4 Å². The lowest BCUT2D eigenvalue weighted by Crippen LogP contribution is -2.22. The van der Waals surface area contributed by atoms with Gasteiger partial charge in [0, 0.05) is 26.2 Å². The van der Waals surface area contributed by atoms with Crippen molar-refractivity contribution in [3.8, 4) is 0 Å². The molecule has 2 N–H and O–H groups in total. The summed E-state index contributed by atoms with van der Waals surface area (Å²) in [6, 6.07) is 4.00. The van der Waals surface area contributed by atoms with Crippen LogP contribution in [0.2, 0.25) is 0 Å². The standard InChI is InChI=1S/C12H21N3O/c1-4-16-8-7-15(3)11-5-6-12(10(2)13)14-9-11/h5-6,9-10H,4,7-8,13H2,1-3H3/t10-/m1/s1. The molecule has 4 heteroatoms. The molecule has 4 nitrogen and oxygen atoms in total. The van der Waals surface area contributed by atoms with E-state index in [1.54, 1.807) is 0 Å². The molecular formula is C12H21N3O. The van der Waals surface area contributed by atoms with E-state index in [0.717, 1.165) is 31.1 Å². The predicted octanol–water partition coefficient (Wildman–Crippen LogP) is 1.57. The molecule has 1 aromatic rings. The lowest BCUT2D eigenvalue weighted by atomic mass is 10.2. The largest absolute Gasteiger partial charge is 0.380 e. The summed E-state index contributed by atoms with van der Waals surface area (Å²) in [6.45, 7) is 6.30. The highest BCUT2D eigenvalue weighted by molar-refractivity contribution is 5.43. The highest BCUT2D eigenvalue weighted by atomic mass is 16.5. The molecule has 1 atom stereocenters. The summed E-state index contributed by atoms with van der Waals surface area (Å²) in [5.74, 6) is 0. The minimum absolute atomic E-state index is 0.0113. The summed E-state index contributed by atoms with van der Waals surface area (Å²) in [5, 5.41) is 0. The Bertz CT molecular complexity index is 298. The van der Waals surface area contributed by atoms with Crippen molar-refractivity contribution in [3.05, 3.63) is 24.0 Å². The van der Waals surface area contributed by atoms with Gasteiger partial charge < -0.3 is 15.4 Å². The number of hydrogen-bond donors (Lipinski definition) is 1. The summed E-state index contributed by atoms with van der Waals surface area (Å²) < 4.78 is 5.31. The van der Waals surface area contributed by atoms with E-state index in [1.165, 1.54) is 0 Å². The van der Waals surface area contributed by atoms with Crippen LogP contribution in [0.5, 0.6) is 0 Å². The van der Waals surface area contributed by atoms with Crippen molar-refractivity contribution in [2.75, 3.05) is 31.7 Å². The van der Waals surface area contributed by atoms with Gasteiger partial charge in [0.25, 0.3) is 0 Å². The molecule has 0 radical (unpaired) electrons. The van der Waals surface area contributed by atoms with Crippen LogP contribution in [-0.2, 0) is 4.74 Å². The van der Waals surface area contributed by atoms with E-state index in [9.17, 15) is 0 Å². The Morgan fingerprint density at radius 1 is 1.50 bits per heavy atom. The fourth-order valence-corrected chi connectivity index (χ4v) is 1.37. The quantitative estimate of drug-likeness (QED) is 0.744. The highest BCUT2D eigenvalue weighted by Gasteiger charge is 2.03. The lowest BCUT2D eigenvalue weighted by molar-refractivity contribution is 0.154. The monoisotopic (exact) mass is 223 g/mol. The van der Waals surface area contributed by atoms with Gasteiger partial charge in [-0.25, -0.2) is 0 Å². The molecule has 1 heterocycles. The maximum atomic E-state index is 5.74. The Balaban J connectivity index is 2.52. The second kappa shape index (κ2) is 6.45. The summed E-state index contributed by atoms with van der Waals surface area (Å²) in [5.41, 5.74) is 7.75. The molecule has 1 rings (SSSR count). The van der Waals surface area contributed by atoms with Crippen molar-refractivity contribution < 1.29 is 4.74 Å². The van der Waals surface area contributed by atoms with Gasteiger partial charge in [0.1, 0.15) is 0 Å². The molecule has 0 bridgehead atoms. The van der Waals surface area contributed by atoms with Crippen LogP contribution in [-0.4, -0.2) is 31.8 Å². The number of hydrogen-bond acceptors (Lipinski definition) is 4. The number of aromatic nitrogens is 1. The number of anilines is 1. The first-order valence-corrected chi connectivity index (χ1v) is 5.65. The van der Waals surface area contributed by atoms with Gasteiger partial charge in [-0.1, -0.05) is 0 Å². The van der Waals surface area contributed by atoms with Crippen LogP contribution in [0.1, 0.15) is 25.6 Å². The first-order valence-electron chi connectivity index (χ1n) is 5.65. The summed E-state index contributed by atoms with van der Waals surface area (Å²) >= 11 is 0. The van der Waals surface area contributed by atoms with Crippen molar-refractivity contribution in [1.29, 1.82) is 0 Å². The average Bonchev–Trinajstić information content (AvgIpc) is 2.29. The number of nitrogens with zero attached hydrogens (tertiary/aromatic N) is 2. The van der Waals surface area contributed by atoms with Crippen molar-refractivity contribution in [1.82, 2.24) is 4.98 Å². The Hall–Kier alpha value is -1.13. The fourth-order valence-electron chi connectivity index (χ4n) is 1.37. The number of likely N-dealkylation sites (N-methyl/N-ethyl adjacent to an activating group) is 1. The van der Waals surface area contributed by atoms with Gasteiger partial charge in [0.2, 0.25) is 0 Å². The first-order chi connectivity index (χ1) is 7.65. The van der Waals surface area contributed by atoms with E-state index >= 15 is 0 Å². The van der Waals surface area contributed by atoms with Crippen LogP contribution in [0.15, 0.2) is 18.3 Å². The maximum absolute atomic E-state index is 5.74. The molecular weight excluding hydrogens is 202 g/mol. The van der Waals surface area contributed by atoms with Gasteiger partial charge in [0.05, 0.1) is 24.2 Å². The third-order valence-corrected chi connectivity index (χ3v) is 2.45. The third-order valence-electron chi connectivity index (χ3n) is 2.45. The molecule has 0 spiro atoms. The molecule has 0 aromatic carbocycles. The molecule has 0 aliphatic carbocycles. The van der Waals surface area contributed by atoms with Crippen molar-refractivity contribution in [3.63, 3.8) is 0 Å². The molecule has 0 aliphatic heterocycles. The first kappa shape index (κ1) is 12.9. The molecule has 90 valence electrons. The second-order valence-corrected chi connectivity index (χ2v) is 3.85. The van der Waals surface area contributed by atoms with Crippen molar-refractivity contribution in [2.24, 2.45) is 5.73 Å². The number of nitrogens with two attached hydrogens (primary N) is 1. The van der Waals surface area contributed by atoms with E-state index in [2.05, 4.69) is 9.88 Å². The minimum atomic E-state index is -0.0113. The smallest absolute Gasteiger partial charge is 0.0641 e. The molecule has 1 aromatic heterocycles. The van der Waals surface area contributed by atoms with Crippen LogP contribution in [0, 0.1) is 0 Å². The zero-order valence-electron chi connectivity index (χ0n) is 10.3.